The number of nitrogens with zero attached hydrogens (tertiary/aromatic N) is 2. The third-order valence-electron chi connectivity index (χ3n) is 4.20. The Hall–Kier alpha value is -2.92. The lowest BCUT2D eigenvalue weighted by Crippen LogP contribution is -1.88. The summed E-state index contributed by atoms with van der Waals surface area (Å²) in [5, 5.41) is 0. The van der Waals surface area contributed by atoms with Crippen molar-refractivity contribution in [2.45, 2.75) is 0 Å². The molecule has 124 valence electrons. The number of aromatic nitrogens is 2. The van der Waals surface area contributed by atoms with Gasteiger partial charge >= 0.3 is 0 Å². The molecular formula is C20H16N2O2S. The molecule has 0 atom stereocenters. The molecule has 1 heterocycles. The van der Waals surface area contributed by atoms with Crippen molar-refractivity contribution in [2.75, 3.05) is 14.2 Å². The predicted molar refractivity (Wildman–Crippen MR) is 101 cm³/mol. The number of benzene rings is 3. The van der Waals surface area contributed by atoms with Crippen LogP contribution in [0.15, 0.2) is 60.7 Å². The topological polar surface area (TPSA) is 44.2 Å². The van der Waals surface area contributed by atoms with Crippen molar-refractivity contribution in [3.63, 3.8) is 0 Å². The van der Waals surface area contributed by atoms with Gasteiger partial charge in [-0.15, -0.1) is 0 Å². The van der Waals surface area contributed by atoms with Gasteiger partial charge < -0.3 is 9.47 Å². The molecule has 0 spiro atoms. The number of hydrogen-bond acceptors (Lipinski definition) is 5. The molecule has 3 aromatic carbocycles. The fraction of sp³-hybridized carbons (Fsp3) is 0.100. The van der Waals surface area contributed by atoms with Crippen LogP contribution in [0.2, 0.25) is 0 Å². The monoisotopic (exact) mass is 348 g/mol. The Morgan fingerprint density at radius 3 is 1.40 bits per heavy atom. The van der Waals surface area contributed by atoms with Gasteiger partial charge in [-0.2, -0.15) is 8.75 Å². The molecule has 5 heteroatoms. The van der Waals surface area contributed by atoms with Crippen LogP contribution < -0.4 is 9.47 Å². The molecule has 0 N–H and O–H groups in total. The first-order valence-electron chi connectivity index (χ1n) is 7.83. The molecule has 0 unspecified atom stereocenters. The fourth-order valence-corrected chi connectivity index (χ4v) is 3.36. The lowest BCUT2D eigenvalue weighted by Gasteiger charge is -2.12. The maximum atomic E-state index is 5.27. The van der Waals surface area contributed by atoms with Crippen LogP contribution in [-0.4, -0.2) is 23.0 Å². The molecule has 0 radical (unpaired) electrons. The van der Waals surface area contributed by atoms with Gasteiger partial charge in [0.1, 0.15) is 22.5 Å². The van der Waals surface area contributed by atoms with Crippen LogP contribution in [0.5, 0.6) is 11.5 Å². The zero-order valence-electron chi connectivity index (χ0n) is 13.9. The molecule has 0 amide bonds. The Morgan fingerprint density at radius 1 is 0.640 bits per heavy atom. The quantitative estimate of drug-likeness (QED) is 0.518. The van der Waals surface area contributed by atoms with Crippen LogP contribution in [0, 0.1) is 0 Å². The highest BCUT2D eigenvalue weighted by molar-refractivity contribution is 7.00. The van der Waals surface area contributed by atoms with Crippen LogP contribution in [-0.2, 0) is 0 Å². The van der Waals surface area contributed by atoms with E-state index in [9.17, 15) is 0 Å². The Morgan fingerprint density at radius 2 is 1.04 bits per heavy atom. The van der Waals surface area contributed by atoms with Crippen LogP contribution in [0.1, 0.15) is 0 Å². The van der Waals surface area contributed by atoms with Crippen LogP contribution in [0.3, 0.4) is 0 Å². The standard InChI is InChI=1S/C20H16N2O2S/c1-23-15-7-3-13(4-8-15)17-11-19-20(22-25-21-19)12-18(17)14-5-9-16(24-2)10-6-14/h3-12H,1-2H3. The van der Waals surface area contributed by atoms with Crippen molar-refractivity contribution in [3.05, 3.63) is 60.7 Å². The van der Waals surface area contributed by atoms with E-state index in [-0.39, 0.29) is 0 Å². The van der Waals surface area contributed by atoms with E-state index in [0.29, 0.717) is 0 Å². The minimum absolute atomic E-state index is 0.839. The van der Waals surface area contributed by atoms with Crippen molar-refractivity contribution >= 4 is 22.8 Å². The summed E-state index contributed by atoms with van der Waals surface area (Å²) in [4.78, 5) is 0. The van der Waals surface area contributed by atoms with Gasteiger partial charge in [-0.3, -0.25) is 0 Å². The Bertz CT molecular complexity index is 927. The third-order valence-corrected chi connectivity index (χ3v) is 4.75. The molecule has 1 aromatic heterocycles. The first-order chi connectivity index (χ1) is 12.3. The first kappa shape index (κ1) is 15.6. The summed E-state index contributed by atoms with van der Waals surface area (Å²) in [7, 11) is 3.34. The maximum absolute atomic E-state index is 5.27. The Kier molecular flexibility index (Phi) is 4.07. The second-order valence-electron chi connectivity index (χ2n) is 5.61. The summed E-state index contributed by atoms with van der Waals surface area (Å²) in [6.07, 6.45) is 0. The van der Waals surface area contributed by atoms with Gasteiger partial charge in [0.2, 0.25) is 0 Å². The molecule has 0 aliphatic rings. The molecule has 0 saturated carbocycles. The normalized spacial score (nSPS) is 10.8. The van der Waals surface area contributed by atoms with E-state index < -0.39 is 0 Å². The number of ether oxygens (including phenoxy) is 2. The lowest BCUT2D eigenvalue weighted by atomic mass is 9.94. The predicted octanol–water partition coefficient (Wildman–Crippen LogP) is 5.04. The Balaban J connectivity index is 1.90. The van der Waals surface area contributed by atoms with Crippen molar-refractivity contribution < 1.29 is 9.47 Å². The molecular weight excluding hydrogens is 332 g/mol. The zero-order valence-corrected chi connectivity index (χ0v) is 14.7. The molecule has 0 bridgehead atoms. The molecule has 4 rings (SSSR count). The van der Waals surface area contributed by atoms with Crippen LogP contribution in [0.25, 0.3) is 33.3 Å². The van der Waals surface area contributed by atoms with Gasteiger partial charge in [-0.05, 0) is 58.7 Å². The van der Waals surface area contributed by atoms with E-state index >= 15 is 0 Å². The second kappa shape index (κ2) is 6.53. The fourth-order valence-electron chi connectivity index (χ4n) is 2.85. The summed E-state index contributed by atoms with van der Waals surface area (Å²) >= 11 is 1.23. The summed E-state index contributed by atoms with van der Waals surface area (Å²) in [6.45, 7) is 0. The first-order valence-corrected chi connectivity index (χ1v) is 8.56. The highest BCUT2D eigenvalue weighted by atomic mass is 32.1. The van der Waals surface area contributed by atoms with E-state index in [1.807, 2.05) is 24.3 Å². The SMILES string of the molecule is COc1ccc(-c2cc3nsnc3cc2-c2ccc(OC)cc2)cc1. The maximum Gasteiger partial charge on any atom is 0.118 e. The van der Waals surface area contributed by atoms with Crippen molar-refractivity contribution in [1.29, 1.82) is 0 Å². The largest absolute Gasteiger partial charge is 0.497 e. The van der Waals surface area contributed by atoms with Gasteiger partial charge in [0, 0.05) is 0 Å². The van der Waals surface area contributed by atoms with Gasteiger partial charge in [0.05, 0.1) is 25.9 Å². The lowest BCUT2D eigenvalue weighted by molar-refractivity contribution is 0.414. The van der Waals surface area contributed by atoms with E-state index in [2.05, 4.69) is 45.1 Å². The molecule has 0 aliphatic carbocycles. The molecule has 25 heavy (non-hydrogen) atoms. The number of hydrogen-bond donors (Lipinski definition) is 0. The molecule has 4 aromatic rings. The van der Waals surface area contributed by atoms with E-state index in [1.54, 1.807) is 14.2 Å². The van der Waals surface area contributed by atoms with Crippen molar-refractivity contribution in [3.8, 4) is 33.8 Å². The summed E-state index contributed by atoms with van der Waals surface area (Å²) < 4.78 is 19.3. The minimum atomic E-state index is 0.839. The smallest absolute Gasteiger partial charge is 0.118 e. The van der Waals surface area contributed by atoms with Crippen LogP contribution in [0.4, 0.5) is 0 Å². The Labute approximate surface area is 150 Å². The number of rotatable bonds is 4. The number of fused-ring (bicyclic) bond motifs is 1. The average Bonchev–Trinajstić information content (AvgIpc) is 3.15. The van der Waals surface area contributed by atoms with E-state index in [4.69, 9.17) is 9.47 Å². The minimum Gasteiger partial charge on any atom is -0.497 e. The molecule has 0 saturated heterocycles. The third kappa shape index (κ3) is 2.94. The van der Waals surface area contributed by atoms with Gasteiger partial charge in [0.25, 0.3) is 0 Å². The highest BCUT2D eigenvalue weighted by Gasteiger charge is 2.12. The van der Waals surface area contributed by atoms with Crippen molar-refractivity contribution in [2.24, 2.45) is 0 Å². The van der Waals surface area contributed by atoms with Gasteiger partial charge in [0.15, 0.2) is 0 Å². The number of methoxy groups -OCH3 is 2. The zero-order chi connectivity index (χ0) is 17.2. The molecule has 0 aliphatic heterocycles. The summed E-state index contributed by atoms with van der Waals surface area (Å²) in [6, 6.07) is 20.3. The molecule has 4 nitrogen and oxygen atoms in total. The summed E-state index contributed by atoms with van der Waals surface area (Å²) in [5.41, 5.74) is 6.28. The van der Waals surface area contributed by atoms with Gasteiger partial charge in [-0.1, -0.05) is 24.3 Å². The van der Waals surface area contributed by atoms with E-state index in [0.717, 1.165) is 44.8 Å². The van der Waals surface area contributed by atoms with Crippen LogP contribution >= 0.6 is 11.7 Å². The molecule has 0 fully saturated rings. The second-order valence-corrected chi connectivity index (χ2v) is 6.14. The van der Waals surface area contributed by atoms with Crippen molar-refractivity contribution in [1.82, 2.24) is 8.75 Å². The summed E-state index contributed by atoms with van der Waals surface area (Å²) in [5.74, 6) is 1.68. The van der Waals surface area contributed by atoms with E-state index in [1.165, 1.54) is 11.7 Å². The van der Waals surface area contributed by atoms with Gasteiger partial charge in [-0.25, -0.2) is 0 Å². The average molecular weight is 348 g/mol. The highest BCUT2D eigenvalue weighted by Crippen LogP contribution is 2.36.